The molecule has 0 rings (SSSR count). The van der Waals surface area contributed by atoms with Gasteiger partial charge in [0, 0.05) is 13.1 Å². The molecule has 7 nitrogen and oxygen atoms in total. The van der Waals surface area contributed by atoms with E-state index in [-0.39, 0.29) is 12.3 Å². The molecule has 0 saturated carbocycles. The highest BCUT2D eigenvalue weighted by Gasteiger charge is 2.25. The van der Waals surface area contributed by atoms with Crippen LogP contribution in [0.2, 0.25) is 0 Å². The summed E-state index contributed by atoms with van der Waals surface area (Å²) in [6.07, 6.45) is -0.850. The van der Waals surface area contributed by atoms with Gasteiger partial charge in [-0.25, -0.2) is 4.79 Å². The molecule has 0 aliphatic heterocycles. The highest BCUT2D eigenvalue weighted by atomic mass is 16.6. The van der Waals surface area contributed by atoms with Crippen LogP contribution in [0.5, 0.6) is 0 Å². The molecule has 0 heterocycles. The molecule has 0 aliphatic rings. The smallest absolute Gasteiger partial charge is 0.408 e. The summed E-state index contributed by atoms with van der Waals surface area (Å²) >= 11 is 0. The number of ether oxygens (including phenoxy) is 1. The van der Waals surface area contributed by atoms with Crippen molar-refractivity contribution < 1.29 is 19.1 Å². The van der Waals surface area contributed by atoms with E-state index in [0.29, 0.717) is 13.1 Å². The molecular formula is C13H25N3O4. The lowest BCUT2D eigenvalue weighted by atomic mass is 10.1. The van der Waals surface area contributed by atoms with Crippen molar-refractivity contribution in [1.82, 2.24) is 16.0 Å². The lowest BCUT2D eigenvalue weighted by Gasteiger charge is -2.23. The predicted molar refractivity (Wildman–Crippen MR) is 75.1 cm³/mol. The Hall–Kier alpha value is -1.79. The Bertz CT molecular complexity index is 350. The minimum absolute atomic E-state index is 0.126. The van der Waals surface area contributed by atoms with Gasteiger partial charge in [0.05, 0.1) is 6.42 Å². The van der Waals surface area contributed by atoms with E-state index in [2.05, 4.69) is 16.0 Å². The number of alkyl carbamates (subject to hydrolysis) is 1. The summed E-state index contributed by atoms with van der Waals surface area (Å²) in [4.78, 5) is 35.0. The molecule has 20 heavy (non-hydrogen) atoms. The third kappa shape index (κ3) is 8.34. The molecule has 0 aromatic carbocycles. The second kappa shape index (κ2) is 8.39. The molecule has 0 bridgehead atoms. The third-order valence-corrected chi connectivity index (χ3v) is 2.12. The van der Waals surface area contributed by atoms with Crippen molar-refractivity contribution >= 4 is 17.9 Å². The Kier molecular flexibility index (Phi) is 7.64. The van der Waals surface area contributed by atoms with Crippen LogP contribution in [0, 0.1) is 0 Å². The van der Waals surface area contributed by atoms with E-state index in [1.54, 1.807) is 34.6 Å². The monoisotopic (exact) mass is 287 g/mol. The first kappa shape index (κ1) is 18.2. The van der Waals surface area contributed by atoms with Gasteiger partial charge in [0.1, 0.15) is 11.6 Å². The number of amides is 3. The van der Waals surface area contributed by atoms with Crippen LogP contribution in [0.1, 0.15) is 41.0 Å². The van der Waals surface area contributed by atoms with Gasteiger partial charge in [-0.3, -0.25) is 9.59 Å². The van der Waals surface area contributed by atoms with Gasteiger partial charge in [0.25, 0.3) is 0 Å². The van der Waals surface area contributed by atoms with Gasteiger partial charge in [-0.15, -0.1) is 0 Å². The van der Waals surface area contributed by atoms with Gasteiger partial charge in [0.15, 0.2) is 0 Å². The van der Waals surface area contributed by atoms with Crippen LogP contribution in [0.25, 0.3) is 0 Å². The van der Waals surface area contributed by atoms with Crippen LogP contribution in [0.15, 0.2) is 0 Å². The minimum atomic E-state index is -0.948. The van der Waals surface area contributed by atoms with Gasteiger partial charge in [-0.1, -0.05) is 0 Å². The van der Waals surface area contributed by atoms with Crippen molar-refractivity contribution in [1.29, 1.82) is 0 Å². The average Bonchev–Trinajstić information content (AvgIpc) is 2.26. The molecule has 0 radical (unpaired) electrons. The molecule has 116 valence electrons. The minimum Gasteiger partial charge on any atom is -0.444 e. The van der Waals surface area contributed by atoms with E-state index in [1.165, 1.54) is 0 Å². The van der Waals surface area contributed by atoms with Crippen LogP contribution < -0.4 is 16.0 Å². The van der Waals surface area contributed by atoms with E-state index in [0.717, 1.165) is 0 Å². The first-order chi connectivity index (χ1) is 9.19. The molecule has 0 saturated heterocycles. The maximum absolute atomic E-state index is 11.8. The summed E-state index contributed by atoms with van der Waals surface area (Å²) in [5.74, 6) is -0.718. The molecule has 0 spiro atoms. The molecule has 0 fully saturated rings. The van der Waals surface area contributed by atoms with Crippen LogP contribution in [0.4, 0.5) is 4.79 Å². The maximum atomic E-state index is 11.8. The zero-order valence-corrected chi connectivity index (χ0v) is 12.8. The number of carbonyl (C=O) groups excluding carboxylic acids is 3. The number of rotatable bonds is 6. The molecule has 0 aliphatic carbocycles. The van der Waals surface area contributed by atoms with Gasteiger partial charge < -0.3 is 20.7 Å². The SMILES string of the molecule is CCNC(=O)C[C@H](NC(=O)OC(C)(C)C)C(=O)NCC. The predicted octanol–water partition coefficient (Wildman–Crippen LogP) is 0.542. The standard InChI is InChI=1S/C13H25N3O4/c1-6-14-10(17)8-9(11(18)15-7-2)16-12(19)20-13(3,4)5/h9H,6-8H2,1-5H3,(H,14,17)(H,15,18)(H,16,19)/t9-/m0/s1. The molecule has 7 heteroatoms. The number of likely N-dealkylation sites (N-methyl/N-ethyl adjacent to an activating group) is 1. The third-order valence-electron chi connectivity index (χ3n) is 2.12. The van der Waals surface area contributed by atoms with E-state index in [1.807, 2.05) is 0 Å². The summed E-state index contributed by atoms with van der Waals surface area (Å²) in [5, 5.41) is 7.57. The molecule has 1 atom stereocenters. The van der Waals surface area contributed by atoms with E-state index < -0.39 is 23.6 Å². The first-order valence-electron chi connectivity index (χ1n) is 6.73. The van der Waals surface area contributed by atoms with Crippen LogP contribution in [-0.4, -0.2) is 42.6 Å². The molecule has 0 aromatic rings. The molecular weight excluding hydrogens is 262 g/mol. The Morgan fingerprint density at radius 3 is 2.05 bits per heavy atom. The second-order valence-electron chi connectivity index (χ2n) is 5.25. The van der Waals surface area contributed by atoms with E-state index in [4.69, 9.17) is 4.74 Å². The van der Waals surface area contributed by atoms with Crippen molar-refractivity contribution in [3.63, 3.8) is 0 Å². The van der Waals surface area contributed by atoms with Crippen molar-refractivity contribution in [2.24, 2.45) is 0 Å². The van der Waals surface area contributed by atoms with Crippen molar-refractivity contribution in [3.8, 4) is 0 Å². The highest BCUT2D eigenvalue weighted by molar-refractivity contribution is 5.90. The Morgan fingerprint density at radius 1 is 1.05 bits per heavy atom. The number of hydrogen-bond acceptors (Lipinski definition) is 4. The van der Waals surface area contributed by atoms with Gasteiger partial charge in [-0.05, 0) is 34.6 Å². The first-order valence-corrected chi connectivity index (χ1v) is 6.73. The van der Waals surface area contributed by atoms with Crippen LogP contribution in [0.3, 0.4) is 0 Å². The van der Waals surface area contributed by atoms with Crippen LogP contribution >= 0.6 is 0 Å². The van der Waals surface area contributed by atoms with Crippen molar-refractivity contribution in [2.45, 2.75) is 52.7 Å². The number of carbonyl (C=O) groups is 3. The molecule has 0 unspecified atom stereocenters. The molecule has 0 aromatic heterocycles. The summed E-state index contributed by atoms with van der Waals surface area (Å²) in [6.45, 7) is 9.58. The lowest BCUT2D eigenvalue weighted by Crippen LogP contribution is -2.50. The fourth-order valence-electron chi connectivity index (χ4n) is 1.41. The number of nitrogens with one attached hydrogen (secondary N) is 3. The summed E-state index contributed by atoms with van der Waals surface area (Å²) in [7, 11) is 0. The topological polar surface area (TPSA) is 96.5 Å². The highest BCUT2D eigenvalue weighted by Crippen LogP contribution is 2.07. The zero-order valence-electron chi connectivity index (χ0n) is 12.8. The van der Waals surface area contributed by atoms with Gasteiger partial charge in [-0.2, -0.15) is 0 Å². The number of hydrogen-bond donors (Lipinski definition) is 3. The fourth-order valence-corrected chi connectivity index (χ4v) is 1.41. The Morgan fingerprint density at radius 2 is 1.60 bits per heavy atom. The maximum Gasteiger partial charge on any atom is 0.408 e. The summed E-state index contributed by atoms with van der Waals surface area (Å²) < 4.78 is 5.08. The van der Waals surface area contributed by atoms with E-state index >= 15 is 0 Å². The normalized spacial score (nSPS) is 12.2. The molecule has 3 N–H and O–H groups in total. The van der Waals surface area contributed by atoms with Crippen LogP contribution in [-0.2, 0) is 14.3 Å². The quantitative estimate of drug-likeness (QED) is 0.664. The summed E-state index contributed by atoms with van der Waals surface area (Å²) in [6, 6.07) is -0.948. The van der Waals surface area contributed by atoms with Gasteiger partial charge in [0.2, 0.25) is 11.8 Å². The molecule has 3 amide bonds. The average molecular weight is 287 g/mol. The zero-order chi connectivity index (χ0) is 15.8. The lowest BCUT2D eigenvalue weighted by molar-refractivity contribution is -0.128. The summed E-state index contributed by atoms with van der Waals surface area (Å²) in [5.41, 5.74) is -0.665. The Labute approximate surface area is 119 Å². The van der Waals surface area contributed by atoms with E-state index in [9.17, 15) is 14.4 Å². The Balaban J connectivity index is 4.64. The van der Waals surface area contributed by atoms with Crippen molar-refractivity contribution in [2.75, 3.05) is 13.1 Å². The fraction of sp³-hybridized carbons (Fsp3) is 0.769. The van der Waals surface area contributed by atoms with Gasteiger partial charge >= 0.3 is 6.09 Å². The van der Waals surface area contributed by atoms with Crippen molar-refractivity contribution in [3.05, 3.63) is 0 Å². The largest absolute Gasteiger partial charge is 0.444 e. The second-order valence-corrected chi connectivity index (χ2v) is 5.25.